The molecule has 1 aromatic carbocycles. The van der Waals surface area contributed by atoms with E-state index in [1.165, 1.54) is 11.1 Å². The lowest BCUT2D eigenvalue weighted by Crippen LogP contribution is -2.52. The predicted molar refractivity (Wildman–Crippen MR) is 140 cm³/mol. The van der Waals surface area contributed by atoms with Gasteiger partial charge in [-0.2, -0.15) is 5.26 Å². The standard InChI is InChI=1S/C27H33N7O2/c1-18-13-33(24-5-3-19(11-28)26-27(24)31-7-6-30-26)17-23(36-18)16-32-14-20-2-4-22(10-21(20)15-32)34-9-8-29-12-25(34)35/h2-6,18,22-23,29,31H,7-10,12-17H2,1H3/t18-,22?,23+/m1/s1. The molecule has 9 nitrogen and oxygen atoms in total. The van der Waals surface area contributed by atoms with Crippen LogP contribution in [0, 0.1) is 11.3 Å². The highest BCUT2D eigenvalue weighted by Crippen LogP contribution is 2.40. The molecular formula is C27H33N7O2. The average Bonchev–Trinajstić information content (AvgIpc) is 3.29. The Balaban J connectivity index is 1.11. The predicted octanol–water partition coefficient (Wildman–Crippen LogP) is 1.65. The fourth-order valence-electron chi connectivity index (χ4n) is 6.17. The highest BCUT2D eigenvalue weighted by atomic mass is 16.5. The van der Waals surface area contributed by atoms with Crippen molar-refractivity contribution in [2.45, 2.75) is 31.6 Å². The van der Waals surface area contributed by atoms with Crippen LogP contribution in [0.25, 0.3) is 0 Å². The van der Waals surface area contributed by atoms with E-state index in [0.717, 1.165) is 69.3 Å². The molecule has 1 aromatic rings. The number of amides is 1. The van der Waals surface area contributed by atoms with Crippen molar-refractivity contribution >= 4 is 29.2 Å². The minimum Gasteiger partial charge on any atom is -0.377 e. The van der Waals surface area contributed by atoms with Crippen molar-refractivity contribution in [3.05, 3.63) is 41.0 Å². The Labute approximate surface area is 212 Å². The van der Waals surface area contributed by atoms with Crippen molar-refractivity contribution in [2.24, 2.45) is 4.99 Å². The topological polar surface area (TPSA) is 96.2 Å². The molecule has 1 unspecified atom stereocenters. The van der Waals surface area contributed by atoms with Crippen LogP contribution in [0.1, 0.15) is 18.9 Å². The number of ether oxygens (including phenoxy) is 1. The number of anilines is 2. The van der Waals surface area contributed by atoms with Crippen molar-refractivity contribution < 1.29 is 9.53 Å². The maximum absolute atomic E-state index is 12.4. The number of carbonyl (C=O) groups is 1. The molecule has 0 radical (unpaired) electrons. The zero-order chi connectivity index (χ0) is 24.6. The van der Waals surface area contributed by atoms with E-state index in [1.54, 1.807) is 0 Å². The summed E-state index contributed by atoms with van der Waals surface area (Å²) in [5, 5.41) is 16.1. The van der Waals surface area contributed by atoms with Crippen LogP contribution >= 0.6 is 0 Å². The molecule has 9 heteroatoms. The molecular weight excluding hydrogens is 454 g/mol. The van der Waals surface area contributed by atoms with Gasteiger partial charge in [-0.15, -0.1) is 0 Å². The molecule has 36 heavy (non-hydrogen) atoms. The summed E-state index contributed by atoms with van der Waals surface area (Å²) in [7, 11) is 0. The molecule has 6 rings (SSSR count). The van der Waals surface area contributed by atoms with E-state index in [-0.39, 0.29) is 24.2 Å². The number of hydrogen-bond acceptors (Lipinski definition) is 8. The first-order chi connectivity index (χ1) is 17.6. The summed E-state index contributed by atoms with van der Waals surface area (Å²) in [5.74, 6) is 0.199. The second kappa shape index (κ2) is 9.69. The normalized spacial score (nSPS) is 28.1. The molecule has 3 atom stereocenters. The van der Waals surface area contributed by atoms with Crippen LogP contribution in [-0.4, -0.2) is 99.1 Å². The first-order valence-electron chi connectivity index (χ1n) is 12.9. The maximum Gasteiger partial charge on any atom is 0.237 e. The average molecular weight is 488 g/mol. The van der Waals surface area contributed by atoms with Crippen molar-refractivity contribution in [3.63, 3.8) is 0 Å². The van der Waals surface area contributed by atoms with Gasteiger partial charge >= 0.3 is 0 Å². The van der Waals surface area contributed by atoms with Crippen molar-refractivity contribution in [1.29, 1.82) is 5.26 Å². The lowest BCUT2D eigenvalue weighted by atomic mass is 9.95. The van der Waals surface area contributed by atoms with Crippen LogP contribution in [0.2, 0.25) is 0 Å². The molecule has 0 aromatic heterocycles. The number of morpholine rings is 1. The van der Waals surface area contributed by atoms with Crippen LogP contribution < -0.4 is 15.5 Å². The van der Waals surface area contributed by atoms with Gasteiger partial charge in [-0.25, -0.2) is 0 Å². The number of carbonyl (C=O) groups excluding carboxylic acids is 1. The third-order valence-corrected chi connectivity index (χ3v) is 7.76. The molecule has 0 saturated carbocycles. The van der Waals surface area contributed by atoms with E-state index in [4.69, 9.17) is 4.74 Å². The number of aliphatic imine (C=N–C) groups is 1. The summed E-state index contributed by atoms with van der Waals surface area (Å²) in [6.45, 7) is 9.22. The van der Waals surface area contributed by atoms with Crippen LogP contribution in [0.3, 0.4) is 0 Å². The monoisotopic (exact) mass is 487 g/mol. The Morgan fingerprint density at radius 3 is 3.06 bits per heavy atom. The van der Waals surface area contributed by atoms with E-state index >= 15 is 0 Å². The third-order valence-electron chi connectivity index (χ3n) is 7.76. The van der Waals surface area contributed by atoms with Crippen molar-refractivity contribution in [3.8, 4) is 6.07 Å². The Hall–Kier alpha value is -3.19. The zero-order valence-electron chi connectivity index (χ0n) is 20.7. The first-order valence-corrected chi connectivity index (χ1v) is 12.9. The fraction of sp³-hybridized carbons (Fsp3) is 0.519. The van der Waals surface area contributed by atoms with Gasteiger partial charge < -0.3 is 25.2 Å². The summed E-state index contributed by atoms with van der Waals surface area (Å²) in [4.78, 5) is 23.8. The Bertz CT molecular complexity index is 1180. The highest BCUT2D eigenvalue weighted by Gasteiger charge is 2.34. The number of nitriles is 1. The molecule has 2 N–H and O–H groups in total. The third kappa shape index (κ3) is 4.41. The second-order valence-electron chi connectivity index (χ2n) is 10.3. The summed E-state index contributed by atoms with van der Waals surface area (Å²) < 4.78 is 6.39. The number of hydrogen-bond donors (Lipinski definition) is 2. The largest absolute Gasteiger partial charge is 0.377 e. The molecule has 2 fully saturated rings. The number of nitrogens with zero attached hydrogens (tertiary/aromatic N) is 5. The summed E-state index contributed by atoms with van der Waals surface area (Å²) in [6.07, 6.45) is 7.40. The van der Waals surface area contributed by atoms with Gasteiger partial charge in [-0.3, -0.25) is 14.7 Å². The van der Waals surface area contributed by atoms with Gasteiger partial charge in [-0.05, 0) is 36.6 Å². The van der Waals surface area contributed by atoms with E-state index in [9.17, 15) is 10.1 Å². The maximum atomic E-state index is 12.4. The first kappa shape index (κ1) is 23.2. The lowest BCUT2D eigenvalue weighted by Gasteiger charge is -2.40. The smallest absolute Gasteiger partial charge is 0.237 e. The molecule has 4 heterocycles. The summed E-state index contributed by atoms with van der Waals surface area (Å²) in [6, 6.07) is 6.35. The highest BCUT2D eigenvalue weighted by molar-refractivity contribution is 5.91. The second-order valence-corrected chi connectivity index (χ2v) is 10.3. The van der Waals surface area contributed by atoms with Crippen LogP contribution in [0.4, 0.5) is 17.1 Å². The Morgan fingerprint density at radius 1 is 1.28 bits per heavy atom. The minimum atomic E-state index is 0.0861. The van der Waals surface area contributed by atoms with Crippen LogP contribution in [0.5, 0.6) is 0 Å². The number of rotatable bonds is 4. The van der Waals surface area contributed by atoms with E-state index in [2.05, 4.69) is 50.6 Å². The van der Waals surface area contributed by atoms with E-state index in [1.807, 2.05) is 23.2 Å². The van der Waals surface area contributed by atoms with Gasteiger partial charge in [-0.1, -0.05) is 12.2 Å². The number of benzene rings is 1. The summed E-state index contributed by atoms with van der Waals surface area (Å²) in [5.41, 5.74) is 6.22. The van der Waals surface area contributed by atoms with Gasteiger partial charge in [0.25, 0.3) is 0 Å². The zero-order valence-corrected chi connectivity index (χ0v) is 20.7. The molecule has 5 aliphatic rings. The van der Waals surface area contributed by atoms with Crippen molar-refractivity contribution in [1.82, 2.24) is 15.1 Å². The van der Waals surface area contributed by atoms with E-state index < -0.39 is 0 Å². The Morgan fingerprint density at radius 2 is 2.19 bits per heavy atom. The van der Waals surface area contributed by atoms with Gasteiger partial charge in [0, 0.05) is 52.0 Å². The van der Waals surface area contributed by atoms with Gasteiger partial charge in [0.05, 0.1) is 48.3 Å². The molecule has 4 aliphatic heterocycles. The molecule has 1 aliphatic carbocycles. The van der Waals surface area contributed by atoms with Crippen LogP contribution in [-0.2, 0) is 9.53 Å². The fourth-order valence-corrected chi connectivity index (χ4v) is 6.17. The lowest BCUT2D eigenvalue weighted by molar-refractivity contribution is -0.133. The van der Waals surface area contributed by atoms with Gasteiger partial charge in [0.1, 0.15) is 11.8 Å². The van der Waals surface area contributed by atoms with Gasteiger partial charge in [0.15, 0.2) is 0 Å². The number of piperazine rings is 1. The SMILES string of the molecule is C[C@@H]1CN(c2ccc(C#N)c3c2NCC=N3)C[C@H](CN2CC3=C(CC(N4CCNCC4=O)C=C3)C2)O1. The molecule has 0 bridgehead atoms. The van der Waals surface area contributed by atoms with E-state index in [0.29, 0.717) is 18.7 Å². The molecule has 0 spiro atoms. The van der Waals surface area contributed by atoms with Gasteiger partial charge in [0.2, 0.25) is 5.91 Å². The molecule has 188 valence electrons. The van der Waals surface area contributed by atoms with Crippen molar-refractivity contribution in [2.75, 3.05) is 69.1 Å². The molecule has 2 saturated heterocycles. The number of fused-ring (bicyclic) bond motifs is 1. The molecule has 1 amide bonds. The summed E-state index contributed by atoms with van der Waals surface area (Å²) >= 11 is 0. The Kier molecular flexibility index (Phi) is 6.25. The van der Waals surface area contributed by atoms with Crippen LogP contribution in [0.15, 0.2) is 40.4 Å². The number of nitrogens with one attached hydrogen (secondary N) is 2. The quantitative estimate of drug-likeness (QED) is 0.667. The minimum absolute atomic E-state index is 0.0861.